The van der Waals surface area contributed by atoms with Crippen LogP contribution in [0, 0.1) is 0 Å². The monoisotopic (exact) mass is 375 g/mol. The van der Waals surface area contributed by atoms with E-state index in [-0.39, 0.29) is 13.2 Å². The second-order valence-electron chi connectivity index (χ2n) is 5.75. The van der Waals surface area contributed by atoms with Crippen molar-refractivity contribution in [2.45, 2.75) is 25.7 Å². The number of benzene rings is 2. The van der Waals surface area contributed by atoms with Crippen LogP contribution in [0.3, 0.4) is 0 Å². The predicted octanol–water partition coefficient (Wildman–Crippen LogP) is 2.73. The summed E-state index contributed by atoms with van der Waals surface area (Å²) in [7, 11) is 0. The van der Waals surface area contributed by atoms with Gasteiger partial charge in [-0.2, -0.15) is 0 Å². The molecule has 2 aromatic carbocycles. The number of nitrogens with one attached hydrogen (secondary N) is 1. The lowest BCUT2D eigenvalue weighted by Gasteiger charge is -2.25. The highest BCUT2D eigenvalue weighted by atomic mass is 35.5. The molecule has 0 unspecified atom stereocenters. The molecule has 0 radical (unpaired) electrons. The normalized spacial score (nSPS) is 16.5. The molecule has 1 aliphatic rings. The predicted molar refractivity (Wildman–Crippen MR) is 95.2 cm³/mol. The second kappa shape index (κ2) is 8.10. The summed E-state index contributed by atoms with van der Waals surface area (Å²) in [6, 6.07) is 14.2. The minimum Gasteiger partial charge on any atom is -0.485 e. The molecule has 0 saturated heterocycles. The highest BCUT2D eigenvalue weighted by Gasteiger charge is 2.31. The van der Waals surface area contributed by atoms with Crippen LogP contribution in [-0.4, -0.2) is 30.7 Å². The molecule has 2 aromatic rings. The van der Waals surface area contributed by atoms with Gasteiger partial charge in [-0.25, -0.2) is 4.79 Å². The number of carbonyl (C=O) groups is 2. The largest absolute Gasteiger partial charge is 0.485 e. The molecule has 2 atom stereocenters. The van der Waals surface area contributed by atoms with Gasteiger partial charge < -0.3 is 19.5 Å². The Morgan fingerprint density at radius 1 is 1.19 bits per heavy atom. The van der Waals surface area contributed by atoms with Crippen LogP contribution in [0.25, 0.3) is 0 Å². The van der Waals surface area contributed by atoms with E-state index in [4.69, 9.17) is 25.8 Å². The SMILES string of the molecule is C[C@@H](OC(=O)[C@H]1COc2ccccc2O1)C(=O)NCc1ccccc1Cl. The van der Waals surface area contributed by atoms with Crippen LogP contribution >= 0.6 is 11.6 Å². The number of esters is 1. The first-order valence-corrected chi connectivity index (χ1v) is 8.52. The molecule has 0 fully saturated rings. The molecule has 0 aliphatic carbocycles. The van der Waals surface area contributed by atoms with Crippen LogP contribution in [0.5, 0.6) is 11.5 Å². The summed E-state index contributed by atoms with van der Waals surface area (Å²) in [6.45, 7) is 1.78. The minimum absolute atomic E-state index is 0.0316. The number of hydrogen-bond acceptors (Lipinski definition) is 5. The van der Waals surface area contributed by atoms with Crippen LogP contribution in [-0.2, 0) is 20.9 Å². The number of amides is 1. The van der Waals surface area contributed by atoms with Crippen molar-refractivity contribution in [2.75, 3.05) is 6.61 Å². The van der Waals surface area contributed by atoms with Gasteiger partial charge in [0.1, 0.15) is 6.61 Å². The standard InChI is InChI=1S/C19H18ClNO5/c1-12(18(22)21-10-13-6-2-3-7-14(13)20)25-19(23)17-11-24-15-8-4-5-9-16(15)26-17/h2-9,12,17H,10-11H2,1H3,(H,21,22)/t12-,17-/m1/s1. The quantitative estimate of drug-likeness (QED) is 0.813. The summed E-state index contributed by atoms with van der Waals surface area (Å²) in [6.07, 6.45) is -1.88. The van der Waals surface area contributed by atoms with E-state index < -0.39 is 24.1 Å². The maximum Gasteiger partial charge on any atom is 0.351 e. The zero-order valence-electron chi connectivity index (χ0n) is 14.1. The average molecular weight is 376 g/mol. The molecule has 0 bridgehead atoms. The summed E-state index contributed by atoms with van der Waals surface area (Å²) in [4.78, 5) is 24.4. The summed E-state index contributed by atoms with van der Waals surface area (Å²) in [5.41, 5.74) is 0.779. The van der Waals surface area contributed by atoms with Gasteiger partial charge >= 0.3 is 5.97 Å². The molecule has 0 spiro atoms. The van der Waals surface area contributed by atoms with Gasteiger partial charge in [0, 0.05) is 11.6 Å². The maximum absolute atomic E-state index is 12.2. The lowest BCUT2D eigenvalue weighted by Crippen LogP contribution is -2.42. The zero-order valence-corrected chi connectivity index (χ0v) is 14.9. The number of para-hydroxylation sites is 2. The number of rotatable bonds is 5. The maximum atomic E-state index is 12.2. The fraction of sp³-hybridized carbons (Fsp3) is 0.263. The van der Waals surface area contributed by atoms with E-state index in [2.05, 4.69) is 5.32 Å². The third-order valence-corrected chi connectivity index (χ3v) is 4.21. The average Bonchev–Trinajstić information content (AvgIpc) is 2.66. The number of carbonyl (C=O) groups excluding carboxylic acids is 2. The summed E-state index contributed by atoms with van der Waals surface area (Å²) < 4.78 is 16.2. The van der Waals surface area contributed by atoms with Crippen molar-refractivity contribution >= 4 is 23.5 Å². The number of fused-ring (bicyclic) bond motifs is 1. The van der Waals surface area contributed by atoms with Crippen molar-refractivity contribution in [3.8, 4) is 11.5 Å². The molecule has 136 valence electrons. The van der Waals surface area contributed by atoms with E-state index in [0.29, 0.717) is 16.5 Å². The second-order valence-corrected chi connectivity index (χ2v) is 6.16. The molecule has 3 rings (SSSR count). The Hall–Kier alpha value is -2.73. The lowest BCUT2D eigenvalue weighted by atomic mass is 10.2. The minimum atomic E-state index is -0.967. The molecule has 0 saturated carbocycles. The number of hydrogen-bond donors (Lipinski definition) is 1. The van der Waals surface area contributed by atoms with Gasteiger partial charge in [-0.1, -0.05) is 41.9 Å². The van der Waals surface area contributed by atoms with Crippen molar-refractivity contribution in [1.82, 2.24) is 5.32 Å². The Labute approximate surface area is 156 Å². The first kappa shape index (κ1) is 18.1. The molecular weight excluding hydrogens is 358 g/mol. The van der Waals surface area contributed by atoms with Gasteiger partial charge in [0.05, 0.1) is 0 Å². The van der Waals surface area contributed by atoms with E-state index in [1.165, 1.54) is 6.92 Å². The van der Waals surface area contributed by atoms with E-state index in [0.717, 1.165) is 5.56 Å². The third kappa shape index (κ3) is 4.26. The highest BCUT2D eigenvalue weighted by molar-refractivity contribution is 6.31. The Balaban J connectivity index is 1.51. The zero-order chi connectivity index (χ0) is 18.5. The van der Waals surface area contributed by atoms with Crippen molar-refractivity contribution in [2.24, 2.45) is 0 Å². The van der Waals surface area contributed by atoms with Gasteiger partial charge in [-0.3, -0.25) is 4.79 Å². The fourth-order valence-electron chi connectivity index (χ4n) is 2.41. The summed E-state index contributed by atoms with van der Waals surface area (Å²) in [5.74, 6) is -0.0334. The Morgan fingerprint density at radius 2 is 1.88 bits per heavy atom. The summed E-state index contributed by atoms with van der Waals surface area (Å²) in [5, 5.41) is 3.25. The summed E-state index contributed by atoms with van der Waals surface area (Å²) >= 11 is 6.05. The van der Waals surface area contributed by atoms with E-state index >= 15 is 0 Å². The number of halogens is 1. The molecule has 26 heavy (non-hydrogen) atoms. The Bertz CT molecular complexity index is 810. The molecular formula is C19H18ClNO5. The van der Waals surface area contributed by atoms with Gasteiger partial charge in [-0.05, 0) is 30.7 Å². The third-order valence-electron chi connectivity index (χ3n) is 3.84. The number of ether oxygens (including phenoxy) is 3. The molecule has 1 heterocycles. The van der Waals surface area contributed by atoms with E-state index in [9.17, 15) is 9.59 Å². The molecule has 0 aromatic heterocycles. The smallest absolute Gasteiger partial charge is 0.351 e. The fourth-order valence-corrected chi connectivity index (χ4v) is 2.61. The van der Waals surface area contributed by atoms with Crippen LogP contribution in [0.1, 0.15) is 12.5 Å². The van der Waals surface area contributed by atoms with Gasteiger partial charge in [0.15, 0.2) is 17.6 Å². The van der Waals surface area contributed by atoms with Gasteiger partial charge in [-0.15, -0.1) is 0 Å². The van der Waals surface area contributed by atoms with E-state index in [1.54, 1.807) is 24.3 Å². The highest BCUT2D eigenvalue weighted by Crippen LogP contribution is 2.31. The van der Waals surface area contributed by atoms with Crippen LogP contribution in [0.2, 0.25) is 5.02 Å². The van der Waals surface area contributed by atoms with Crippen molar-refractivity contribution < 1.29 is 23.8 Å². The molecule has 7 heteroatoms. The van der Waals surface area contributed by atoms with Gasteiger partial charge in [0.2, 0.25) is 6.10 Å². The van der Waals surface area contributed by atoms with Crippen molar-refractivity contribution in [3.05, 3.63) is 59.1 Å². The van der Waals surface area contributed by atoms with E-state index in [1.807, 2.05) is 24.3 Å². The van der Waals surface area contributed by atoms with Crippen LogP contribution in [0.4, 0.5) is 0 Å². The van der Waals surface area contributed by atoms with Crippen LogP contribution < -0.4 is 14.8 Å². The van der Waals surface area contributed by atoms with Gasteiger partial charge in [0.25, 0.3) is 5.91 Å². The molecule has 1 N–H and O–H groups in total. The Morgan fingerprint density at radius 3 is 2.65 bits per heavy atom. The van der Waals surface area contributed by atoms with Crippen molar-refractivity contribution in [3.63, 3.8) is 0 Å². The molecule has 1 aliphatic heterocycles. The topological polar surface area (TPSA) is 73.9 Å². The first-order valence-electron chi connectivity index (χ1n) is 8.14. The lowest BCUT2D eigenvalue weighted by molar-refractivity contribution is -0.163. The van der Waals surface area contributed by atoms with Crippen molar-refractivity contribution in [1.29, 1.82) is 0 Å². The van der Waals surface area contributed by atoms with Crippen LogP contribution in [0.15, 0.2) is 48.5 Å². The molecule has 6 nitrogen and oxygen atoms in total. The first-order chi connectivity index (χ1) is 12.5. The molecule has 1 amide bonds. The Kier molecular flexibility index (Phi) is 5.63.